The first-order valence-corrected chi connectivity index (χ1v) is 7.67. The molecule has 8 heteroatoms. The Morgan fingerprint density at radius 1 is 1.28 bits per heavy atom. The van der Waals surface area contributed by atoms with Gasteiger partial charge in [-0.15, -0.1) is 0 Å². The normalized spacial score (nSPS) is 21.0. The molecular weight excluding hydrogens is 333 g/mol. The van der Waals surface area contributed by atoms with Gasteiger partial charge in [0.05, 0.1) is 18.2 Å². The number of benzene rings is 1. The molecule has 1 aromatic heterocycles. The van der Waals surface area contributed by atoms with Crippen LogP contribution >= 0.6 is 0 Å². The van der Waals surface area contributed by atoms with Crippen LogP contribution in [-0.2, 0) is 10.9 Å². The van der Waals surface area contributed by atoms with Gasteiger partial charge >= 0.3 is 6.18 Å². The standard InChI is InChI=1S/C17H15F3N4O/c1-11-9-24(16-22-6-5-14(8-21)23-16)10-15(25-11)12-3-2-4-13(7-12)17(18,19)20/h2-7,11,15H,9-10H2,1H3/t11-,15+/m0/s1. The molecule has 0 unspecified atom stereocenters. The zero-order valence-electron chi connectivity index (χ0n) is 13.4. The molecule has 1 aliphatic heterocycles. The Balaban J connectivity index is 1.87. The molecule has 0 radical (unpaired) electrons. The van der Waals surface area contributed by atoms with Crippen LogP contribution in [0.1, 0.15) is 29.8 Å². The summed E-state index contributed by atoms with van der Waals surface area (Å²) in [5.41, 5.74) is -0.0244. The van der Waals surface area contributed by atoms with Crippen molar-refractivity contribution < 1.29 is 17.9 Å². The van der Waals surface area contributed by atoms with E-state index in [4.69, 9.17) is 10.00 Å². The van der Waals surface area contributed by atoms with Gasteiger partial charge in [0.15, 0.2) is 0 Å². The van der Waals surface area contributed by atoms with Crippen molar-refractivity contribution in [1.29, 1.82) is 5.26 Å². The third kappa shape index (κ3) is 3.88. The van der Waals surface area contributed by atoms with E-state index >= 15 is 0 Å². The molecule has 0 amide bonds. The molecule has 2 atom stereocenters. The minimum absolute atomic E-state index is 0.220. The maximum Gasteiger partial charge on any atom is 0.416 e. The number of hydrogen-bond acceptors (Lipinski definition) is 5. The predicted molar refractivity (Wildman–Crippen MR) is 83.7 cm³/mol. The predicted octanol–water partition coefficient (Wildman–Crippen LogP) is 3.33. The van der Waals surface area contributed by atoms with Crippen molar-refractivity contribution in [3.05, 3.63) is 53.3 Å². The summed E-state index contributed by atoms with van der Waals surface area (Å²) in [6.45, 7) is 2.63. The number of hydrogen-bond donors (Lipinski definition) is 0. The van der Waals surface area contributed by atoms with Gasteiger partial charge in [0.2, 0.25) is 5.95 Å². The van der Waals surface area contributed by atoms with Crippen molar-refractivity contribution in [2.45, 2.75) is 25.3 Å². The maximum atomic E-state index is 12.9. The average molecular weight is 348 g/mol. The van der Waals surface area contributed by atoms with E-state index in [9.17, 15) is 13.2 Å². The zero-order valence-corrected chi connectivity index (χ0v) is 13.4. The number of morpholine rings is 1. The van der Waals surface area contributed by atoms with E-state index in [1.165, 1.54) is 18.3 Å². The minimum atomic E-state index is -4.40. The molecule has 2 aromatic rings. The number of anilines is 1. The van der Waals surface area contributed by atoms with Gasteiger partial charge in [0, 0.05) is 12.7 Å². The van der Waals surface area contributed by atoms with Crippen LogP contribution in [0.5, 0.6) is 0 Å². The molecular formula is C17H15F3N4O. The molecule has 1 saturated heterocycles. The molecule has 1 aromatic carbocycles. The molecule has 25 heavy (non-hydrogen) atoms. The molecule has 2 heterocycles. The fourth-order valence-corrected chi connectivity index (χ4v) is 2.78. The van der Waals surface area contributed by atoms with Crippen LogP contribution in [0.25, 0.3) is 0 Å². The second-order valence-corrected chi connectivity index (χ2v) is 5.82. The lowest BCUT2D eigenvalue weighted by molar-refractivity contribution is -0.137. The fraction of sp³-hybridized carbons (Fsp3) is 0.353. The summed E-state index contributed by atoms with van der Waals surface area (Å²) >= 11 is 0. The Kier molecular flexibility index (Phi) is 4.59. The summed E-state index contributed by atoms with van der Waals surface area (Å²) in [5, 5.41) is 8.96. The van der Waals surface area contributed by atoms with Crippen LogP contribution in [0.15, 0.2) is 36.5 Å². The smallest absolute Gasteiger partial charge is 0.367 e. The van der Waals surface area contributed by atoms with Crippen molar-refractivity contribution in [2.75, 3.05) is 18.0 Å². The first-order chi connectivity index (χ1) is 11.9. The van der Waals surface area contributed by atoms with Crippen LogP contribution in [0.3, 0.4) is 0 Å². The molecule has 0 bridgehead atoms. The largest absolute Gasteiger partial charge is 0.416 e. The van der Waals surface area contributed by atoms with E-state index in [2.05, 4.69) is 9.97 Å². The number of ether oxygens (including phenoxy) is 1. The molecule has 1 aliphatic rings. The number of rotatable bonds is 2. The molecule has 0 spiro atoms. The van der Waals surface area contributed by atoms with Gasteiger partial charge < -0.3 is 9.64 Å². The van der Waals surface area contributed by atoms with E-state index in [-0.39, 0.29) is 11.8 Å². The first kappa shape index (κ1) is 17.2. The molecule has 0 aliphatic carbocycles. The van der Waals surface area contributed by atoms with Gasteiger partial charge in [0.1, 0.15) is 17.9 Å². The molecule has 0 saturated carbocycles. The topological polar surface area (TPSA) is 62.0 Å². The third-order valence-electron chi connectivity index (χ3n) is 3.89. The Morgan fingerprint density at radius 3 is 2.80 bits per heavy atom. The summed E-state index contributed by atoms with van der Waals surface area (Å²) in [4.78, 5) is 10.1. The Bertz CT molecular complexity index is 803. The highest BCUT2D eigenvalue weighted by atomic mass is 19.4. The third-order valence-corrected chi connectivity index (χ3v) is 3.89. The number of nitrogens with zero attached hydrogens (tertiary/aromatic N) is 4. The SMILES string of the molecule is C[C@H]1CN(c2nccc(C#N)n2)C[C@H](c2cccc(C(F)(F)F)c2)O1. The number of aromatic nitrogens is 2. The van der Waals surface area contributed by atoms with Gasteiger partial charge in [-0.2, -0.15) is 18.4 Å². The summed E-state index contributed by atoms with van der Waals surface area (Å²) in [7, 11) is 0. The second kappa shape index (κ2) is 6.69. The lowest BCUT2D eigenvalue weighted by Crippen LogP contribution is -2.43. The minimum Gasteiger partial charge on any atom is -0.367 e. The number of alkyl halides is 3. The molecule has 3 rings (SSSR count). The van der Waals surface area contributed by atoms with Gasteiger partial charge in [-0.05, 0) is 30.7 Å². The number of nitriles is 1. The average Bonchev–Trinajstić information content (AvgIpc) is 2.60. The summed E-state index contributed by atoms with van der Waals surface area (Å²) in [6, 6.07) is 8.57. The van der Waals surface area contributed by atoms with Gasteiger partial charge in [-0.3, -0.25) is 0 Å². The maximum absolute atomic E-state index is 12.9. The fourth-order valence-electron chi connectivity index (χ4n) is 2.78. The van der Waals surface area contributed by atoms with Gasteiger partial charge in [-0.1, -0.05) is 12.1 Å². The summed E-state index contributed by atoms with van der Waals surface area (Å²) in [6.07, 6.45) is -3.68. The second-order valence-electron chi connectivity index (χ2n) is 5.82. The lowest BCUT2D eigenvalue weighted by Gasteiger charge is -2.37. The Hall–Kier alpha value is -2.66. The van der Waals surface area contributed by atoms with E-state index in [1.54, 1.807) is 6.07 Å². The highest BCUT2D eigenvalue weighted by molar-refractivity contribution is 5.36. The van der Waals surface area contributed by atoms with Crippen LogP contribution in [0, 0.1) is 11.3 Å². The summed E-state index contributed by atoms with van der Waals surface area (Å²) < 4.78 is 44.6. The zero-order chi connectivity index (χ0) is 18.0. The number of halogens is 3. The van der Waals surface area contributed by atoms with Crippen LogP contribution in [-0.4, -0.2) is 29.2 Å². The Labute approximate surface area is 142 Å². The quantitative estimate of drug-likeness (QED) is 0.833. The van der Waals surface area contributed by atoms with Crippen LogP contribution in [0.2, 0.25) is 0 Å². The van der Waals surface area contributed by atoms with Crippen LogP contribution < -0.4 is 4.90 Å². The van der Waals surface area contributed by atoms with E-state index < -0.39 is 17.8 Å². The molecule has 5 nitrogen and oxygen atoms in total. The monoisotopic (exact) mass is 348 g/mol. The lowest BCUT2D eigenvalue weighted by atomic mass is 10.0. The van der Waals surface area contributed by atoms with Gasteiger partial charge in [0.25, 0.3) is 0 Å². The van der Waals surface area contributed by atoms with Gasteiger partial charge in [-0.25, -0.2) is 9.97 Å². The summed E-state index contributed by atoms with van der Waals surface area (Å²) in [5.74, 6) is 0.367. The van der Waals surface area contributed by atoms with E-state index in [0.717, 1.165) is 12.1 Å². The van der Waals surface area contributed by atoms with Crippen LogP contribution in [0.4, 0.5) is 19.1 Å². The highest BCUT2D eigenvalue weighted by Gasteiger charge is 2.33. The molecule has 1 fully saturated rings. The van der Waals surface area contributed by atoms with E-state index in [1.807, 2.05) is 17.9 Å². The van der Waals surface area contributed by atoms with Crippen molar-refractivity contribution in [1.82, 2.24) is 9.97 Å². The van der Waals surface area contributed by atoms with Crippen molar-refractivity contribution in [3.8, 4) is 6.07 Å². The van der Waals surface area contributed by atoms with Crippen molar-refractivity contribution in [2.24, 2.45) is 0 Å². The molecule has 0 N–H and O–H groups in total. The first-order valence-electron chi connectivity index (χ1n) is 7.67. The van der Waals surface area contributed by atoms with Crippen molar-refractivity contribution in [3.63, 3.8) is 0 Å². The Morgan fingerprint density at radius 2 is 2.08 bits per heavy atom. The molecule has 130 valence electrons. The highest BCUT2D eigenvalue weighted by Crippen LogP contribution is 2.33. The van der Waals surface area contributed by atoms with E-state index in [0.29, 0.717) is 24.6 Å². The van der Waals surface area contributed by atoms with Crippen molar-refractivity contribution >= 4 is 5.95 Å².